The molecule has 0 atom stereocenters. The van der Waals surface area contributed by atoms with Crippen LogP contribution < -0.4 is 5.73 Å². The molecule has 2 N–H and O–H groups in total. The fourth-order valence-electron chi connectivity index (χ4n) is 2.13. The molecule has 0 aliphatic rings. The minimum Gasteiger partial charge on any atom is -0.398 e. The highest BCUT2D eigenvalue weighted by Crippen LogP contribution is 2.36. The molecular formula is C17H21NS. The first-order valence-corrected chi connectivity index (χ1v) is 7.44. The maximum atomic E-state index is 6.11. The van der Waals surface area contributed by atoms with Crippen LogP contribution in [0.1, 0.15) is 36.5 Å². The van der Waals surface area contributed by atoms with E-state index in [0.29, 0.717) is 5.92 Å². The standard InChI is InChI=1S/C17H21NS/c1-11(2)14-10-17(13(4)9-15(14)18)19-16-8-6-5-7-12(16)3/h5-11H,18H2,1-4H3. The Balaban J connectivity index is 2.40. The molecule has 0 aliphatic carbocycles. The van der Waals surface area contributed by atoms with Crippen LogP contribution in [0.2, 0.25) is 0 Å². The smallest absolute Gasteiger partial charge is 0.0352 e. The lowest BCUT2D eigenvalue weighted by atomic mass is 10.00. The van der Waals surface area contributed by atoms with Gasteiger partial charge in [0, 0.05) is 15.5 Å². The van der Waals surface area contributed by atoms with E-state index in [9.17, 15) is 0 Å². The van der Waals surface area contributed by atoms with Gasteiger partial charge in [0.1, 0.15) is 0 Å². The van der Waals surface area contributed by atoms with Gasteiger partial charge in [-0.1, -0.05) is 43.8 Å². The predicted octanol–water partition coefficient (Wildman–Crippen LogP) is 5.16. The van der Waals surface area contributed by atoms with Crippen LogP contribution in [-0.2, 0) is 0 Å². The fraction of sp³-hybridized carbons (Fsp3) is 0.294. The summed E-state index contributed by atoms with van der Waals surface area (Å²) < 4.78 is 0. The van der Waals surface area contributed by atoms with Crippen LogP contribution in [0.25, 0.3) is 0 Å². The van der Waals surface area contributed by atoms with E-state index in [1.165, 1.54) is 26.5 Å². The van der Waals surface area contributed by atoms with Gasteiger partial charge in [-0.05, 0) is 54.7 Å². The Hall–Kier alpha value is -1.41. The van der Waals surface area contributed by atoms with E-state index < -0.39 is 0 Å². The highest BCUT2D eigenvalue weighted by atomic mass is 32.2. The van der Waals surface area contributed by atoms with Crippen LogP contribution in [0.5, 0.6) is 0 Å². The second-order valence-corrected chi connectivity index (χ2v) is 6.35. The van der Waals surface area contributed by atoms with Crippen molar-refractivity contribution in [3.63, 3.8) is 0 Å². The van der Waals surface area contributed by atoms with Gasteiger partial charge in [-0.15, -0.1) is 0 Å². The number of hydrogen-bond donors (Lipinski definition) is 1. The Kier molecular flexibility index (Phi) is 4.20. The van der Waals surface area contributed by atoms with Gasteiger partial charge in [0.15, 0.2) is 0 Å². The van der Waals surface area contributed by atoms with Crippen LogP contribution in [0.3, 0.4) is 0 Å². The second-order valence-electron chi connectivity index (χ2n) is 5.27. The average molecular weight is 271 g/mol. The summed E-state index contributed by atoms with van der Waals surface area (Å²) in [5.41, 5.74) is 10.8. The van der Waals surface area contributed by atoms with Crippen LogP contribution in [0, 0.1) is 13.8 Å². The molecule has 2 heteroatoms. The normalized spacial score (nSPS) is 11.0. The molecule has 0 amide bonds. The third-order valence-corrected chi connectivity index (χ3v) is 4.65. The van der Waals surface area contributed by atoms with Gasteiger partial charge in [-0.25, -0.2) is 0 Å². The fourth-order valence-corrected chi connectivity index (χ4v) is 3.14. The Morgan fingerprint density at radius 2 is 1.63 bits per heavy atom. The minimum atomic E-state index is 0.455. The van der Waals surface area contributed by atoms with Crippen molar-refractivity contribution in [3.05, 3.63) is 53.1 Å². The van der Waals surface area contributed by atoms with Crippen molar-refractivity contribution in [3.8, 4) is 0 Å². The summed E-state index contributed by atoms with van der Waals surface area (Å²) in [5.74, 6) is 0.455. The molecule has 0 radical (unpaired) electrons. The second kappa shape index (κ2) is 5.70. The molecule has 100 valence electrons. The van der Waals surface area contributed by atoms with E-state index in [1.807, 2.05) is 11.8 Å². The highest BCUT2D eigenvalue weighted by Gasteiger charge is 2.10. The first-order valence-electron chi connectivity index (χ1n) is 6.62. The number of benzene rings is 2. The SMILES string of the molecule is Cc1ccccc1Sc1cc(C(C)C)c(N)cc1C. The molecule has 0 saturated carbocycles. The molecule has 0 aromatic heterocycles. The Morgan fingerprint density at radius 1 is 0.947 bits per heavy atom. The van der Waals surface area contributed by atoms with Gasteiger partial charge >= 0.3 is 0 Å². The first kappa shape index (κ1) is 14.0. The van der Waals surface area contributed by atoms with E-state index in [-0.39, 0.29) is 0 Å². The topological polar surface area (TPSA) is 26.0 Å². The Morgan fingerprint density at radius 3 is 2.26 bits per heavy atom. The van der Waals surface area contributed by atoms with Crippen LogP contribution >= 0.6 is 11.8 Å². The Bertz CT molecular complexity index is 588. The molecule has 0 saturated heterocycles. The predicted molar refractivity (Wildman–Crippen MR) is 85.0 cm³/mol. The van der Waals surface area contributed by atoms with Crippen molar-refractivity contribution < 1.29 is 0 Å². The molecule has 19 heavy (non-hydrogen) atoms. The third kappa shape index (κ3) is 3.13. The van der Waals surface area contributed by atoms with E-state index in [4.69, 9.17) is 5.73 Å². The van der Waals surface area contributed by atoms with Crippen molar-refractivity contribution >= 4 is 17.4 Å². The summed E-state index contributed by atoms with van der Waals surface area (Å²) in [6.07, 6.45) is 0. The molecule has 2 aromatic rings. The summed E-state index contributed by atoms with van der Waals surface area (Å²) in [6.45, 7) is 8.64. The molecule has 2 rings (SSSR count). The van der Waals surface area contributed by atoms with Crippen LogP contribution in [0.15, 0.2) is 46.2 Å². The minimum absolute atomic E-state index is 0.455. The number of aryl methyl sites for hydroxylation is 2. The van der Waals surface area contributed by atoms with Crippen molar-refractivity contribution in [2.75, 3.05) is 5.73 Å². The monoisotopic (exact) mass is 271 g/mol. The molecule has 2 aromatic carbocycles. The number of anilines is 1. The van der Waals surface area contributed by atoms with Crippen molar-refractivity contribution in [1.29, 1.82) is 0 Å². The number of nitrogens with two attached hydrogens (primary N) is 1. The zero-order chi connectivity index (χ0) is 14.0. The van der Waals surface area contributed by atoms with Crippen molar-refractivity contribution in [2.24, 2.45) is 0 Å². The summed E-state index contributed by atoms with van der Waals surface area (Å²) in [6, 6.07) is 12.8. The summed E-state index contributed by atoms with van der Waals surface area (Å²) in [7, 11) is 0. The molecular weight excluding hydrogens is 250 g/mol. The zero-order valence-electron chi connectivity index (χ0n) is 12.0. The quantitative estimate of drug-likeness (QED) is 0.780. The summed E-state index contributed by atoms with van der Waals surface area (Å²) in [4.78, 5) is 2.61. The number of hydrogen-bond acceptors (Lipinski definition) is 2. The summed E-state index contributed by atoms with van der Waals surface area (Å²) in [5, 5.41) is 0. The van der Waals surface area contributed by atoms with E-state index in [0.717, 1.165) is 5.69 Å². The van der Waals surface area contributed by atoms with E-state index >= 15 is 0 Å². The van der Waals surface area contributed by atoms with Gasteiger partial charge in [-0.3, -0.25) is 0 Å². The lowest BCUT2D eigenvalue weighted by Gasteiger charge is -2.15. The molecule has 1 nitrogen and oxygen atoms in total. The number of nitrogen functional groups attached to an aromatic ring is 1. The van der Waals surface area contributed by atoms with E-state index in [2.05, 4.69) is 64.1 Å². The molecule has 0 bridgehead atoms. The Labute approximate surface area is 120 Å². The average Bonchev–Trinajstić information content (AvgIpc) is 2.34. The number of rotatable bonds is 3. The lowest BCUT2D eigenvalue weighted by Crippen LogP contribution is -1.98. The van der Waals surface area contributed by atoms with Crippen LogP contribution in [-0.4, -0.2) is 0 Å². The molecule has 0 fully saturated rings. The largest absolute Gasteiger partial charge is 0.398 e. The van der Waals surface area contributed by atoms with E-state index in [1.54, 1.807) is 0 Å². The van der Waals surface area contributed by atoms with Crippen molar-refractivity contribution in [1.82, 2.24) is 0 Å². The maximum Gasteiger partial charge on any atom is 0.0352 e. The van der Waals surface area contributed by atoms with Gasteiger partial charge in [-0.2, -0.15) is 0 Å². The molecule has 0 unspecified atom stereocenters. The van der Waals surface area contributed by atoms with Gasteiger partial charge in [0.25, 0.3) is 0 Å². The van der Waals surface area contributed by atoms with Gasteiger partial charge in [0.05, 0.1) is 0 Å². The summed E-state index contributed by atoms with van der Waals surface area (Å²) >= 11 is 1.83. The zero-order valence-corrected chi connectivity index (χ0v) is 12.8. The molecule has 0 spiro atoms. The first-order chi connectivity index (χ1) is 8.99. The van der Waals surface area contributed by atoms with Gasteiger partial charge < -0.3 is 5.73 Å². The molecule has 0 aliphatic heterocycles. The highest BCUT2D eigenvalue weighted by molar-refractivity contribution is 7.99. The molecule has 0 heterocycles. The third-order valence-electron chi connectivity index (χ3n) is 3.32. The van der Waals surface area contributed by atoms with Crippen molar-refractivity contribution in [2.45, 2.75) is 43.4 Å². The lowest BCUT2D eigenvalue weighted by molar-refractivity contribution is 0.864. The van der Waals surface area contributed by atoms with Crippen LogP contribution in [0.4, 0.5) is 5.69 Å². The maximum absolute atomic E-state index is 6.11. The van der Waals surface area contributed by atoms with Gasteiger partial charge in [0.2, 0.25) is 0 Å².